The zero-order valence-corrected chi connectivity index (χ0v) is 13.7. The Morgan fingerprint density at radius 1 is 1.09 bits per heavy atom. The van der Waals surface area contributed by atoms with Gasteiger partial charge in [-0.25, -0.2) is 12.8 Å². The van der Waals surface area contributed by atoms with Crippen molar-refractivity contribution >= 4 is 10.0 Å². The van der Waals surface area contributed by atoms with Crippen LogP contribution in [0.15, 0.2) is 59.5 Å². The maximum atomic E-state index is 14.0. The summed E-state index contributed by atoms with van der Waals surface area (Å²) >= 11 is 0. The first kappa shape index (κ1) is 17.6. The van der Waals surface area contributed by atoms with Crippen molar-refractivity contribution in [2.24, 2.45) is 0 Å². The van der Waals surface area contributed by atoms with Crippen LogP contribution in [0.25, 0.3) is 0 Å². The molecule has 0 aliphatic heterocycles. The molecule has 0 spiro atoms. The molecule has 6 heteroatoms. The molecule has 0 aromatic heterocycles. The maximum absolute atomic E-state index is 14.0. The fourth-order valence-corrected chi connectivity index (χ4v) is 4.07. The van der Waals surface area contributed by atoms with E-state index in [4.69, 9.17) is 5.11 Å². The molecular formula is C17H20FNO3S. The molecule has 0 saturated carbocycles. The smallest absolute Gasteiger partial charge is 0.246 e. The van der Waals surface area contributed by atoms with Crippen LogP contribution in [0.3, 0.4) is 0 Å². The van der Waals surface area contributed by atoms with Crippen molar-refractivity contribution in [1.29, 1.82) is 0 Å². The summed E-state index contributed by atoms with van der Waals surface area (Å²) < 4.78 is 41.0. The van der Waals surface area contributed by atoms with Gasteiger partial charge in [0.25, 0.3) is 0 Å². The van der Waals surface area contributed by atoms with Gasteiger partial charge in [0.15, 0.2) is 0 Å². The normalized spacial score (nSPS) is 13.2. The molecule has 4 nitrogen and oxygen atoms in total. The standard InChI is InChI=1S/C17H20FNO3S/c1-14(11-12-20)19(13-15-7-3-2-4-8-15)23(21,22)17-10-6-5-9-16(17)18/h2-10,14,20H,11-13H2,1H3. The summed E-state index contributed by atoms with van der Waals surface area (Å²) in [5.74, 6) is -0.776. The average Bonchev–Trinajstić information content (AvgIpc) is 2.54. The van der Waals surface area contributed by atoms with Gasteiger partial charge in [0.1, 0.15) is 10.7 Å². The minimum Gasteiger partial charge on any atom is -0.396 e. The molecule has 2 aromatic carbocycles. The Balaban J connectivity index is 2.42. The Morgan fingerprint density at radius 3 is 2.30 bits per heavy atom. The van der Waals surface area contributed by atoms with Gasteiger partial charge in [0.2, 0.25) is 10.0 Å². The lowest BCUT2D eigenvalue weighted by atomic mass is 10.2. The van der Waals surface area contributed by atoms with E-state index in [0.29, 0.717) is 0 Å². The molecule has 124 valence electrons. The number of hydrogen-bond donors (Lipinski definition) is 1. The van der Waals surface area contributed by atoms with E-state index < -0.39 is 21.9 Å². The highest BCUT2D eigenvalue weighted by molar-refractivity contribution is 7.89. The van der Waals surface area contributed by atoms with Crippen molar-refractivity contribution in [3.63, 3.8) is 0 Å². The van der Waals surface area contributed by atoms with Gasteiger partial charge >= 0.3 is 0 Å². The number of hydrogen-bond acceptors (Lipinski definition) is 3. The Kier molecular flexibility index (Phi) is 5.87. The molecule has 0 bridgehead atoms. The second kappa shape index (κ2) is 7.68. The number of aliphatic hydroxyl groups is 1. The largest absolute Gasteiger partial charge is 0.396 e. The van der Waals surface area contributed by atoms with Crippen molar-refractivity contribution < 1.29 is 17.9 Å². The predicted octanol–water partition coefficient (Wildman–Crippen LogP) is 2.79. The lowest BCUT2D eigenvalue weighted by Crippen LogP contribution is -2.39. The number of rotatable bonds is 7. The molecule has 0 saturated heterocycles. The van der Waals surface area contributed by atoms with Crippen LogP contribution in [0.2, 0.25) is 0 Å². The first-order valence-corrected chi connectivity index (χ1v) is 8.82. The molecule has 0 amide bonds. The monoisotopic (exact) mass is 337 g/mol. The summed E-state index contributed by atoms with van der Waals surface area (Å²) in [5.41, 5.74) is 0.803. The second-order valence-electron chi connectivity index (χ2n) is 5.33. The Labute approximate surface area is 136 Å². The summed E-state index contributed by atoms with van der Waals surface area (Å²) in [7, 11) is -4.00. The van der Waals surface area contributed by atoms with Gasteiger partial charge in [0, 0.05) is 19.2 Å². The van der Waals surface area contributed by atoms with E-state index in [0.717, 1.165) is 11.6 Å². The van der Waals surface area contributed by atoms with Crippen molar-refractivity contribution in [2.45, 2.75) is 30.8 Å². The number of benzene rings is 2. The van der Waals surface area contributed by atoms with Crippen LogP contribution in [0.1, 0.15) is 18.9 Å². The summed E-state index contributed by atoms with van der Waals surface area (Å²) in [6.45, 7) is 1.69. The van der Waals surface area contributed by atoms with E-state index in [9.17, 15) is 12.8 Å². The number of halogens is 1. The molecule has 1 atom stereocenters. The third kappa shape index (κ3) is 4.16. The minimum absolute atomic E-state index is 0.124. The first-order chi connectivity index (χ1) is 11.0. The molecule has 0 fully saturated rings. The van der Waals surface area contributed by atoms with Crippen LogP contribution in [0, 0.1) is 5.82 Å². The number of nitrogens with zero attached hydrogens (tertiary/aromatic N) is 1. The van der Waals surface area contributed by atoms with Crippen molar-refractivity contribution in [1.82, 2.24) is 4.31 Å². The van der Waals surface area contributed by atoms with Crippen LogP contribution in [-0.4, -0.2) is 30.5 Å². The van der Waals surface area contributed by atoms with Gasteiger partial charge < -0.3 is 5.11 Å². The van der Waals surface area contributed by atoms with Crippen LogP contribution < -0.4 is 0 Å². The molecule has 0 radical (unpaired) electrons. The van der Waals surface area contributed by atoms with Crippen molar-refractivity contribution in [2.75, 3.05) is 6.61 Å². The number of sulfonamides is 1. The molecule has 23 heavy (non-hydrogen) atoms. The molecule has 1 N–H and O–H groups in total. The van der Waals surface area contributed by atoms with E-state index in [2.05, 4.69) is 0 Å². The van der Waals surface area contributed by atoms with Crippen LogP contribution in [0.5, 0.6) is 0 Å². The van der Waals surface area contributed by atoms with Crippen LogP contribution in [0.4, 0.5) is 4.39 Å². The zero-order chi connectivity index (χ0) is 16.9. The quantitative estimate of drug-likeness (QED) is 0.845. The van der Waals surface area contributed by atoms with Gasteiger partial charge in [-0.3, -0.25) is 0 Å². The summed E-state index contributed by atoms with van der Waals surface area (Å²) in [5, 5.41) is 9.15. The van der Waals surface area contributed by atoms with E-state index in [1.165, 1.54) is 22.5 Å². The fourth-order valence-electron chi connectivity index (χ4n) is 2.35. The van der Waals surface area contributed by atoms with E-state index in [1.807, 2.05) is 30.3 Å². The summed E-state index contributed by atoms with van der Waals surface area (Å²) in [6, 6.07) is 14.0. The first-order valence-electron chi connectivity index (χ1n) is 7.38. The minimum atomic E-state index is -4.00. The highest BCUT2D eigenvalue weighted by atomic mass is 32.2. The maximum Gasteiger partial charge on any atom is 0.246 e. The summed E-state index contributed by atoms with van der Waals surface area (Å²) in [6.07, 6.45) is 0.278. The van der Waals surface area contributed by atoms with Crippen molar-refractivity contribution in [3.8, 4) is 0 Å². The second-order valence-corrected chi connectivity index (χ2v) is 7.19. The molecule has 0 aliphatic rings. The van der Waals surface area contributed by atoms with Crippen LogP contribution >= 0.6 is 0 Å². The topological polar surface area (TPSA) is 57.6 Å². The van der Waals surface area contributed by atoms with E-state index >= 15 is 0 Å². The highest BCUT2D eigenvalue weighted by Crippen LogP contribution is 2.24. The lowest BCUT2D eigenvalue weighted by molar-refractivity contribution is 0.230. The SMILES string of the molecule is CC(CCO)N(Cc1ccccc1)S(=O)(=O)c1ccccc1F. The Hall–Kier alpha value is -1.76. The van der Waals surface area contributed by atoms with Gasteiger partial charge in [0.05, 0.1) is 0 Å². The lowest BCUT2D eigenvalue weighted by Gasteiger charge is -2.28. The van der Waals surface area contributed by atoms with Gasteiger partial charge in [-0.05, 0) is 31.0 Å². The summed E-state index contributed by atoms with van der Waals surface area (Å²) in [4.78, 5) is -0.347. The molecule has 0 heterocycles. The predicted molar refractivity (Wildman–Crippen MR) is 86.7 cm³/mol. The Bertz CT molecular complexity index is 735. The molecule has 0 aliphatic carbocycles. The molecule has 1 unspecified atom stereocenters. The average molecular weight is 337 g/mol. The van der Waals surface area contributed by atoms with Gasteiger partial charge in [-0.2, -0.15) is 4.31 Å². The van der Waals surface area contributed by atoms with E-state index in [-0.39, 0.29) is 24.5 Å². The third-order valence-corrected chi connectivity index (χ3v) is 5.64. The third-order valence-electron chi connectivity index (χ3n) is 3.64. The molecule has 2 aromatic rings. The molecule has 2 rings (SSSR count). The Morgan fingerprint density at radius 2 is 1.70 bits per heavy atom. The zero-order valence-electron chi connectivity index (χ0n) is 12.9. The van der Waals surface area contributed by atoms with Crippen molar-refractivity contribution in [3.05, 3.63) is 66.0 Å². The fraction of sp³-hybridized carbons (Fsp3) is 0.294. The number of aliphatic hydroxyl groups excluding tert-OH is 1. The highest BCUT2D eigenvalue weighted by Gasteiger charge is 2.31. The van der Waals surface area contributed by atoms with E-state index in [1.54, 1.807) is 6.92 Å². The van der Waals surface area contributed by atoms with Crippen LogP contribution in [-0.2, 0) is 16.6 Å². The van der Waals surface area contributed by atoms with Gasteiger partial charge in [-0.1, -0.05) is 42.5 Å². The van der Waals surface area contributed by atoms with Gasteiger partial charge in [-0.15, -0.1) is 0 Å². The molecular weight excluding hydrogens is 317 g/mol.